The minimum atomic E-state index is 0.448. The molecule has 0 amide bonds. The fourth-order valence-corrected chi connectivity index (χ4v) is 1.29. The van der Waals surface area contributed by atoms with Gasteiger partial charge in [0.2, 0.25) is 0 Å². The molecule has 1 unspecified atom stereocenters. The summed E-state index contributed by atoms with van der Waals surface area (Å²) in [6.07, 6.45) is 0. The normalized spacial score (nSPS) is 12.9. The van der Waals surface area contributed by atoms with Crippen LogP contribution in [-0.4, -0.2) is 31.6 Å². The first-order valence-electron chi connectivity index (χ1n) is 4.96. The van der Waals surface area contributed by atoms with Crippen LogP contribution in [0.2, 0.25) is 5.02 Å². The van der Waals surface area contributed by atoms with Crippen LogP contribution in [0.3, 0.4) is 0 Å². The van der Waals surface area contributed by atoms with Crippen LogP contribution in [0.5, 0.6) is 0 Å². The van der Waals surface area contributed by atoms with Crippen molar-refractivity contribution >= 4 is 23.0 Å². The number of anilines is 2. The summed E-state index contributed by atoms with van der Waals surface area (Å²) in [6.45, 7) is 2.99. The zero-order chi connectivity index (χ0) is 11.4. The zero-order valence-electron chi connectivity index (χ0n) is 9.42. The molecule has 0 spiro atoms. The van der Waals surface area contributed by atoms with Crippen LogP contribution in [0.4, 0.5) is 11.4 Å². The summed E-state index contributed by atoms with van der Waals surface area (Å²) in [6, 6.07) is 5.89. The van der Waals surface area contributed by atoms with Crippen LogP contribution >= 0.6 is 11.6 Å². The van der Waals surface area contributed by atoms with Gasteiger partial charge in [0.1, 0.15) is 0 Å². The number of rotatable bonds is 4. The summed E-state index contributed by atoms with van der Waals surface area (Å²) in [5.41, 5.74) is 7.44. The molecule has 84 valence electrons. The Bertz CT molecular complexity index is 326. The zero-order valence-corrected chi connectivity index (χ0v) is 10.2. The van der Waals surface area contributed by atoms with Gasteiger partial charge in [0, 0.05) is 17.6 Å². The summed E-state index contributed by atoms with van der Waals surface area (Å²) in [5, 5.41) is 3.98. The van der Waals surface area contributed by atoms with Gasteiger partial charge in [0.15, 0.2) is 0 Å². The molecule has 1 aromatic rings. The first kappa shape index (κ1) is 12.1. The first-order valence-corrected chi connectivity index (χ1v) is 5.34. The van der Waals surface area contributed by atoms with E-state index in [-0.39, 0.29) is 0 Å². The van der Waals surface area contributed by atoms with Crippen molar-refractivity contribution in [2.45, 2.75) is 13.0 Å². The summed E-state index contributed by atoms with van der Waals surface area (Å²) in [5.74, 6) is 0. The Balaban J connectivity index is 2.61. The molecule has 3 N–H and O–H groups in total. The molecule has 15 heavy (non-hydrogen) atoms. The molecule has 0 radical (unpaired) electrons. The second-order valence-corrected chi connectivity index (χ2v) is 4.36. The van der Waals surface area contributed by atoms with Crippen LogP contribution in [0.1, 0.15) is 6.92 Å². The van der Waals surface area contributed by atoms with Crippen molar-refractivity contribution < 1.29 is 0 Å². The molecule has 4 heteroatoms. The summed E-state index contributed by atoms with van der Waals surface area (Å²) < 4.78 is 0. The van der Waals surface area contributed by atoms with Crippen molar-refractivity contribution in [3.63, 3.8) is 0 Å². The molecular formula is C11H18ClN3. The van der Waals surface area contributed by atoms with Crippen molar-refractivity contribution in [3.05, 3.63) is 23.2 Å². The average Bonchev–Trinajstić information content (AvgIpc) is 2.18. The van der Waals surface area contributed by atoms with Crippen LogP contribution in [0.25, 0.3) is 0 Å². The van der Waals surface area contributed by atoms with Crippen molar-refractivity contribution in [2.75, 3.05) is 31.7 Å². The number of nitrogens with one attached hydrogen (secondary N) is 1. The van der Waals surface area contributed by atoms with E-state index < -0.39 is 0 Å². The third-order valence-electron chi connectivity index (χ3n) is 2.48. The lowest BCUT2D eigenvalue weighted by molar-refractivity contribution is 0.326. The number of hydrogen-bond donors (Lipinski definition) is 2. The van der Waals surface area contributed by atoms with Crippen molar-refractivity contribution in [1.29, 1.82) is 0 Å². The third-order valence-corrected chi connectivity index (χ3v) is 2.72. The van der Waals surface area contributed by atoms with E-state index >= 15 is 0 Å². The van der Waals surface area contributed by atoms with Gasteiger partial charge in [0.05, 0.1) is 11.4 Å². The van der Waals surface area contributed by atoms with Crippen molar-refractivity contribution in [3.8, 4) is 0 Å². The second-order valence-electron chi connectivity index (χ2n) is 3.93. The number of halogens is 1. The highest BCUT2D eigenvalue weighted by molar-refractivity contribution is 6.31. The van der Waals surface area contributed by atoms with E-state index in [9.17, 15) is 0 Å². The minimum absolute atomic E-state index is 0.448. The maximum atomic E-state index is 5.89. The fraction of sp³-hybridized carbons (Fsp3) is 0.455. The number of nitrogens with zero attached hydrogens (tertiary/aromatic N) is 1. The number of benzene rings is 1. The quantitative estimate of drug-likeness (QED) is 0.776. The number of nitrogen functional groups attached to an aromatic ring is 1. The molecule has 0 saturated heterocycles. The van der Waals surface area contributed by atoms with Gasteiger partial charge in [-0.1, -0.05) is 11.6 Å². The largest absolute Gasteiger partial charge is 0.397 e. The SMILES string of the molecule is CC(CNc1cc(Cl)ccc1N)N(C)C. The smallest absolute Gasteiger partial charge is 0.0589 e. The van der Waals surface area contributed by atoms with E-state index in [2.05, 4.69) is 17.1 Å². The molecular weight excluding hydrogens is 210 g/mol. The summed E-state index contributed by atoms with van der Waals surface area (Å²) in [7, 11) is 4.10. The number of hydrogen-bond acceptors (Lipinski definition) is 3. The van der Waals surface area contributed by atoms with Gasteiger partial charge in [-0.15, -0.1) is 0 Å². The first-order chi connectivity index (χ1) is 7.00. The molecule has 0 aliphatic heterocycles. The van der Waals surface area contributed by atoms with Gasteiger partial charge >= 0.3 is 0 Å². The second kappa shape index (κ2) is 5.24. The Morgan fingerprint density at radius 2 is 2.13 bits per heavy atom. The van der Waals surface area contributed by atoms with Gasteiger partial charge in [-0.05, 0) is 39.2 Å². The van der Waals surface area contributed by atoms with Gasteiger partial charge in [-0.3, -0.25) is 0 Å². The maximum Gasteiger partial charge on any atom is 0.0589 e. The molecule has 0 aliphatic rings. The molecule has 1 atom stereocenters. The van der Waals surface area contributed by atoms with Crippen LogP contribution < -0.4 is 11.1 Å². The topological polar surface area (TPSA) is 41.3 Å². The maximum absolute atomic E-state index is 5.89. The van der Waals surface area contributed by atoms with Gasteiger partial charge in [0.25, 0.3) is 0 Å². The molecule has 0 fully saturated rings. The monoisotopic (exact) mass is 227 g/mol. The fourth-order valence-electron chi connectivity index (χ4n) is 1.12. The Morgan fingerprint density at radius 3 is 2.73 bits per heavy atom. The van der Waals surface area contributed by atoms with Crippen LogP contribution in [0, 0.1) is 0 Å². The molecule has 1 rings (SSSR count). The standard InChI is InChI=1S/C11H18ClN3/c1-8(15(2)3)7-14-11-6-9(12)4-5-10(11)13/h4-6,8,14H,7,13H2,1-3H3. The van der Waals surface area contributed by atoms with Crippen LogP contribution in [-0.2, 0) is 0 Å². The van der Waals surface area contributed by atoms with E-state index in [1.54, 1.807) is 6.07 Å². The lowest BCUT2D eigenvalue weighted by atomic mass is 10.2. The van der Waals surface area contributed by atoms with E-state index in [0.29, 0.717) is 11.1 Å². The molecule has 0 aliphatic carbocycles. The highest BCUT2D eigenvalue weighted by Gasteiger charge is 2.05. The molecule has 0 saturated carbocycles. The Labute approximate surface area is 96.2 Å². The lowest BCUT2D eigenvalue weighted by Crippen LogP contribution is -2.31. The number of likely N-dealkylation sites (N-methyl/N-ethyl adjacent to an activating group) is 1. The minimum Gasteiger partial charge on any atom is -0.397 e. The van der Waals surface area contributed by atoms with E-state index in [0.717, 1.165) is 17.9 Å². The molecule has 0 heterocycles. The number of nitrogens with two attached hydrogens (primary N) is 1. The van der Waals surface area contributed by atoms with Crippen molar-refractivity contribution in [1.82, 2.24) is 4.90 Å². The Morgan fingerprint density at radius 1 is 1.47 bits per heavy atom. The van der Waals surface area contributed by atoms with Gasteiger partial charge < -0.3 is 16.0 Å². The van der Waals surface area contributed by atoms with E-state index in [1.807, 2.05) is 26.2 Å². The Hall–Kier alpha value is -0.930. The highest BCUT2D eigenvalue weighted by atomic mass is 35.5. The summed E-state index contributed by atoms with van der Waals surface area (Å²) >= 11 is 5.89. The van der Waals surface area contributed by atoms with Gasteiger partial charge in [-0.2, -0.15) is 0 Å². The predicted molar refractivity (Wildman–Crippen MR) is 67.5 cm³/mol. The molecule has 0 aromatic heterocycles. The van der Waals surface area contributed by atoms with E-state index in [1.165, 1.54) is 0 Å². The average molecular weight is 228 g/mol. The molecule has 3 nitrogen and oxygen atoms in total. The lowest BCUT2D eigenvalue weighted by Gasteiger charge is -2.21. The summed E-state index contributed by atoms with van der Waals surface area (Å²) in [4.78, 5) is 2.15. The van der Waals surface area contributed by atoms with Crippen LogP contribution in [0.15, 0.2) is 18.2 Å². The highest BCUT2D eigenvalue weighted by Crippen LogP contribution is 2.22. The molecule has 1 aromatic carbocycles. The van der Waals surface area contributed by atoms with Gasteiger partial charge in [-0.25, -0.2) is 0 Å². The predicted octanol–water partition coefficient (Wildman–Crippen LogP) is 2.28. The molecule has 0 bridgehead atoms. The van der Waals surface area contributed by atoms with Crippen molar-refractivity contribution in [2.24, 2.45) is 0 Å². The Kier molecular flexibility index (Phi) is 4.24. The third kappa shape index (κ3) is 3.61. The van der Waals surface area contributed by atoms with E-state index in [4.69, 9.17) is 17.3 Å².